The summed E-state index contributed by atoms with van der Waals surface area (Å²) in [4.78, 5) is 0. The zero-order chi connectivity index (χ0) is 10.8. The molecule has 0 saturated heterocycles. The van der Waals surface area contributed by atoms with Crippen LogP contribution in [0.2, 0.25) is 0 Å². The highest BCUT2D eigenvalue weighted by molar-refractivity contribution is 4.80. The van der Waals surface area contributed by atoms with Crippen LogP contribution in [-0.2, 0) is 0 Å². The maximum absolute atomic E-state index is 12.7. The van der Waals surface area contributed by atoms with E-state index in [-0.39, 0.29) is 25.2 Å². The Morgan fingerprint density at radius 3 is 2.14 bits per heavy atom. The molecule has 1 aliphatic carbocycles. The van der Waals surface area contributed by atoms with E-state index < -0.39 is 18.4 Å². The van der Waals surface area contributed by atoms with Gasteiger partial charge in [0.15, 0.2) is 0 Å². The normalized spacial score (nSPS) is 25.3. The maximum Gasteiger partial charge on any atom is 0.253 e. The van der Waals surface area contributed by atoms with E-state index in [4.69, 9.17) is 5.73 Å². The molecule has 2 N–H and O–H groups in total. The van der Waals surface area contributed by atoms with E-state index in [9.17, 15) is 17.6 Å². The zero-order valence-electron chi connectivity index (χ0n) is 7.86. The first-order chi connectivity index (χ1) is 6.41. The molecule has 1 fully saturated rings. The van der Waals surface area contributed by atoms with E-state index in [1.807, 2.05) is 0 Å². The van der Waals surface area contributed by atoms with Gasteiger partial charge in [-0.25, -0.2) is 17.6 Å². The van der Waals surface area contributed by atoms with Gasteiger partial charge in [0.2, 0.25) is 5.92 Å². The van der Waals surface area contributed by atoms with Crippen LogP contribution in [0, 0.1) is 5.92 Å². The summed E-state index contributed by atoms with van der Waals surface area (Å²) in [6.45, 7) is 0. The van der Waals surface area contributed by atoms with Gasteiger partial charge in [-0.2, -0.15) is 0 Å². The average molecular weight is 213 g/mol. The number of nitrogens with two attached hydrogens (primary N) is 1. The Bertz CT molecular complexity index is 174. The van der Waals surface area contributed by atoms with Crippen molar-refractivity contribution in [3.05, 3.63) is 0 Å². The van der Waals surface area contributed by atoms with E-state index in [0.29, 0.717) is 12.8 Å². The lowest BCUT2D eigenvalue weighted by Crippen LogP contribution is -2.34. The quantitative estimate of drug-likeness (QED) is 0.717. The molecule has 1 atom stereocenters. The van der Waals surface area contributed by atoms with Crippen molar-refractivity contribution in [2.24, 2.45) is 11.7 Å². The predicted molar refractivity (Wildman–Crippen MR) is 45.5 cm³/mol. The van der Waals surface area contributed by atoms with Gasteiger partial charge in [0.25, 0.3) is 6.43 Å². The lowest BCUT2D eigenvalue weighted by molar-refractivity contribution is -0.0487. The minimum atomic E-state index is -2.59. The van der Waals surface area contributed by atoms with Crippen LogP contribution in [0.5, 0.6) is 0 Å². The molecule has 14 heavy (non-hydrogen) atoms. The molecular formula is C9H15F4N. The topological polar surface area (TPSA) is 26.0 Å². The molecule has 84 valence electrons. The second-order valence-corrected chi connectivity index (χ2v) is 4.03. The fraction of sp³-hybridized carbons (Fsp3) is 1.00. The molecule has 1 aliphatic rings. The van der Waals surface area contributed by atoms with Gasteiger partial charge in [-0.3, -0.25) is 0 Å². The van der Waals surface area contributed by atoms with Crippen LogP contribution >= 0.6 is 0 Å². The third-order valence-corrected chi connectivity index (χ3v) is 2.77. The van der Waals surface area contributed by atoms with Gasteiger partial charge < -0.3 is 5.73 Å². The molecule has 0 radical (unpaired) electrons. The zero-order valence-corrected chi connectivity index (χ0v) is 7.86. The second kappa shape index (κ2) is 4.47. The van der Waals surface area contributed by atoms with Gasteiger partial charge in [-0.1, -0.05) is 0 Å². The van der Waals surface area contributed by atoms with Crippen LogP contribution in [0.4, 0.5) is 17.6 Å². The SMILES string of the molecule is NC(CC1CCC(F)(F)CC1)C(F)F. The van der Waals surface area contributed by atoms with Gasteiger partial charge in [-0.15, -0.1) is 0 Å². The summed E-state index contributed by atoms with van der Waals surface area (Å²) in [5, 5.41) is 0. The average Bonchev–Trinajstić information content (AvgIpc) is 2.08. The highest BCUT2D eigenvalue weighted by Crippen LogP contribution is 2.37. The predicted octanol–water partition coefficient (Wildman–Crippen LogP) is 2.79. The fourth-order valence-corrected chi connectivity index (χ4v) is 1.82. The number of halogens is 4. The molecule has 0 aromatic carbocycles. The van der Waals surface area contributed by atoms with Gasteiger partial charge in [0.1, 0.15) is 0 Å². The number of alkyl halides is 4. The lowest BCUT2D eigenvalue weighted by Gasteiger charge is -2.29. The minimum absolute atomic E-state index is 0.0568. The van der Waals surface area contributed by atoms with Crippen LogP contribution in [0.1, 0.15) is 32.1 Å². The van der Waals surface area contributed by atoms with Gasteiger partial charge in [-0.05, 0) is 25.2 Å². The summed E-state index contributed by atoms with van der Waals surface area (Å²) in [5.41, 5.74) is 5.18. The van der Waals surface area contributed by atoms with Crippen molar-refractivity contribution < 1.29 is 17.6 Å². The highest BCUT2D eigenvalue weighted by atomic mass is 19.3. The Kier molecular flexibility index (Phi) is 3.75. The standard InChI is InChI=1S/C9H15F4N/c10-8(11)7(14)5-6-1-3-9(12,13)4-2-6/h6-8H,1-5,14H2. The molecule has 1 saturated carbocycles. The van der Waals surface area contributed by atoms with Crippen molar-refractivity contribution in [1.29, 1.82) is 0 Å². The van der Waals surface area contributed by atoms with Gasteiger partial charge in [0, 0.05) is 12.8 Å². The van der Waals surface area contributed by atoms with Gasteiger partial charge >= 0.3 is 0 Å². The Morgan fingerprint density at radius 1 is 1.21 bits per heavy atom. The largest absolute Gasteiger partial charge is 0.323 e. The summed E-state index contributed by atoms with van der Waals surface area (Å²) >= 11 is 0. The van der Waals surface area contributed by atoms with Crippen LogP contribution in [-0.4, -0.2) is 18.4 Å². The molecule has 0 spiro atoms. The molecule has 5 heteroatoms. The van der Waals surface area contributed by atoms with Crippen molar-refractivity contribution in [2.45, 2.75) is 50.5 Å². The number of hydrogen-bond acceptors (Lipinski definition) is 1. The fourth-order valence-electron chi connectivity index (χ4n) is 1.82. The van der Waals surface area contributed by atoms with Crippen molar-refractivity contribution in [2.75, 3.05) is 0 Å². The summed E-state index contributed by atoms with van der Waals surface area (Å²) in [7, 11) is 0. The van der Waals surface area contributed by atoms with Crippen LogP contribution in [0.25, 0.3) is 0 Å². The third-order valence-electron chi connectivity index (χ3n) is 2.77. The Hall–Kier alpha value is -0.320. The number of rotatable bonds is 3. The first-order valence-electron chi connectivity index (χ1n) is 4.82. The van der Waals surface area contributed by atoms with E-state index in [1.165, 1.54) is 0 Å². The minimum Gasteiger partial charge on any atom is -0.323 e. The molecule has 0 amide bonds. The van der Waals surface area contributed by atoms with E-state index >= 15 is 0 Å². The highest BCUT2D eigenvalue weighted by Gasteiger charge is 2.35. The van der Waals surface area contributed by atoms with E-state index in [1.54, 1.807) is 0 Å². The molecule has 0 aliphatic heterocycles. The van der Waals surface area contributed by atoms with Crippen molar-refractivity contribution in [3.63, 3.8) is 0 Å². The third kappa shape index (κ3) is 3.44. The monoisotopic (exact) mass is 213 g/mol. The summed E-state index contributed by atoms with van der Waals surface area (Å²) in [6.07, 6.45) is -2.13. The van der Waals surface area contributed by atoms with Crippen molar-refractivity contribution in [1.82, 2.24) is 0 Å². The maximum atomic E-state index is 12.7. The summed E-state index contributed by atoms with van der Waals surface area (Å²) in [5.74, 6) is -2.65. The number of hydrogen-bond donors (Lipinski definition) is 1. The van der Waals surface area contributed by atoms with Crippen LogP contribution in [0.15, 0.2) is 0 Å². The molecule has 0 aromatic rings. The molecule has 0 aromatic heterocycles. The van der Waals surface area contributed by atoms with E-state index in [2.05, 4.69) is 0 Å². The van der Waals surface area contributed by atoms with Gasteiger partial charge in [0.05, 0.1) is 6.04 Å². The Labute approximate surface area is 80.7 Å². The van der Waals surface area contributed by atoms with Crippen molar-refractivity contribution in [3.8, 4) is 0 Å². The van der Waals surface area contributed by atoms with Crippen LogP contribution in [0.3, 0.4) is 0 Å². The summed E-state index contributed by atoms with van der Waals surface area (Å²) in [6, 6.07) is -1.16. The first-order valence-corrected chi connectivity index (χ1v) is 4.82. The molecule has 1 nitrogen and oxygen atoms in total. The Balaban J connectivity index is 2.29. The van der Waals surface area contributed by atoms with Crippen molar-refractivity contribution >= 4 is 0 Å². The Morgan fingerprint density at radius 2 is 1.71 bits per heavy atom. The van der Waals surface area contributed by atoms with E-state index in [0.717, 1.165) is 0 Å². The molecular weight excluding hydrogens is 198 g/mol. The molecule has 0 heterocycles. The summed E-state index contributed by atoms with van der Waals surface area (Å²) < 4.78 is 49.5. The van der Waals surface area contributed by atoms with Crippen LogP contribution < -0.4 is 5.73 Å². The molecule has 0 bridgehead atoms. The molecule has 1 unspecified atom stereocenters. The molecule has 1 rings (SSSR count). The smallest absolute Gasteiger partial charge is 0.253 e. The second-order valence-electron chi connectivity index (χ2n) is 4.03. The lowest BCUT2D eigenvalue weighted by atomic mass is 9.83. The first kappa shape index (κ1) is 11.8.